The van der Waals surface area contributed by atoms with Crippen LogP contribution in [0, 0.1) is 12.8 Å². The second-order valence-corrected chi connectivity index (χ2v) is 5.48. The maximum absolute atomic E-state index is 6.08. The topological polar surface area (TPSA) is 35.2 Å². The van der Waals surface area contributed by atoms with Gasteiger partial charge in [0, 0.05) is 6.04 Å². The highest BCUT2D eigenvalue weighted by Crippen LogP contribution is 2.23. The molecule has 0 fully saturated rings. The smallest absolute Gasteiger partial charge is 0.122 e. The molecular weight excluding hydrogens is 234 g/mol. The van der Waals surface area contributed by atoms with Crippen LogP contribution in [-0.2, 0) is 6.42 Å². The Morgan fingerprint density at radius 2 is 1.79 bits per heavy atom. The summed E-state index contributed by atoms with van der Waals surface area (Å²) in [4.78, 5) is 0. The zero-order valence-corrected chi connectivity index (χ0v) is 12.9. The van der Waals surface area contributed by atoms with Crippen LogP contribution in [0.1, 0.15) is 51.2 Å². The van der Waals surface area contributed by atoms with Crippen LogP contribution in [-0.4, -0.2) is 12.6 Å². The van der Waals surface area contributed by atoms with Crippen molar-refractivity contribution in [3.8, 4) is 5.75 Å². The molecule has 2 N–H and O–H groups in total. The highest BCUT2D eigenvalue weighted by atomic mass is 16.5. The van der Waals surface area contributed by atoms with Gasteiger partial charge in [0.05, 0.1) is 6.61 Å². The Morgan fingerprint density at radius 3 is 2.37 bits per heavy atom. The summed E-state index contributed by atoms with van der Waals surface area (Å²) in [5, 5.41) is 0. The minimum absolute atomic E-state index is 0.220. The average Bonchev–Trinajstić information content (AvgIpc) is 2.41. The zero-order valence-electron chi connectivity index (χ0n) is 12.9. The number of rotatable bonds is 8. The summed E-state index contributed by atoms with van der Waals surface area (Å²) in [6, 6.07) is 6.63. The Bertz CT molecular complexity index is 372. The maximum atomic E-state index is 6.08. The number of hydrogen-bond donors (Lipinski definition) is 1. The summed E-state index contributed by atoms with van der Waals surface area (Å²) in [6.07, 6.45) is 4.24. The molecule has 0 saturated carbocycles. The molecule has 19 heavy (non-hydrogen) atoms. The van der Waals surface area contributed by atoms with E-state index in [-0.39, 0.29) is 6.04 Å². The van der Waals surface area contributed by atoms with Gasteiger partial charge in [0.2, 0.25) is 0 Å². The third-order valence-electron chi connectivity index (χ3n) is 3.85. The van der Waals surface area contributed by atoms with E-state index in [1.165, 1.54) is 24.0 Å². The van der Waals surface area contributed by atoms with Crippen LogP contribution in [0.15, 0.2) is 18.2 Å². The second-order valence-electron chi connectivity index (χ2n) is 5.48. The summed E-state index contributed by atoms with van der Waals surface area (Å²) in [5.41, 5.74) is 8.60. The molecular formula is C17H29NO. The minimum Gasteiger partial charge on any atom is -0.493 e. The van der Waals surface area contributed by atoms with Crippen LogP contribution in [0.5, 0.6) is 5.75 Å². The molecule has 0 heterocycles. The lowest BCUT2D eigenvalue weighted by molar-refractivity contribution is 0.238. The molecule has 0 saturated heterocycles. The van der Waals surface area contributed by atoms with Crippen molar-refractivity contribution in [1.29, 1.82) is 0 Å². The number of ether oxygens (including phenoxy) is 1. The van der Waals surface area contributed by atoms with Crippen molar-refractivity contribution in [1.82, 2.24) is 0 Å². The van der Waals surface area contributed by atoms with Crippen LogP contribution in [0.4, 0.5) is 0 Å². The van der Waals surface area contributed by atoms with E-state index >= 15 is 0 Å². The molecule has 0 bridgehead atoms. The van der Waals surface area contributed by atoms with Crippen molar-refractivity contribution >= 4 is 0 Å². The second kappa shape index (κ2) is 8.21. The van der Waals surface area contributed by atoms with E-state index in [1.54, 1.807) is 0 Å². The normalized spacial score (nSPS) is 12.7. The average molecular weight is 263 g/mol. The monoisotopic (exact) mass is 263 g/mol. The van der Waals surface area contributed by atoms with Crippen molar-refractivity contribution < 1.29 is 4.74 Å². The van der Waals surface area contributed by atoms with E-state index < -0.39 is 0 Å². The highest BCUT2D eigenvalue weighted by molar-refractivity contribution is 5.37. The number of benzene rings is 1. The summed E-state index contributed by atoms with van der Waals surface area (Å²) < 4.78 is 6.03. The Balaban J connectivity index is 2.75. The SMILES string of the molecule is CCC(N)Cc1cc(C)ccc1OCC(CC)CC. The molecule has 1 aromatic carbocycles. The van der Waals surface area contributed by atoms with Gasteiger partial charge < -0.3 is 10.5 Å². The molecule has 0 amide bonds. The van der Waals surface area contributed by atoms with Crippen molar-refractivity contribution in [3.05, 3.63) is 29.3 Å². The van der Waals surface area contributed by atoms with Gasteiger partial charge >= 0.3 is 0 Å². The molecule has 0 spiro atoms. The van der Waals surface area contributed by atoms with Crippen LogP contribution in [0.2, 0.25) is 0 Å². The van der Waals surface area contributed by atoms with Gasteiger partial charge in [-0.05, 0) is 37.3 Å². The predicted octanol–water partition coefficient (Wildman–Crippen LogP) is 4.09. The van der Waals surface area contributed by atoms with Gasteiger partial charge in [0.15, 0.2) is 0 Å². The van der Waals surface area contributed by atoms with E-state index in [4.69, 9.17) is 10.5 Å². The summed E-state index contributed by atoms with van der Waals surface area (Å²) in [6.45, 7) is 9.50. The van der Waals surface area contributed by atoms with Crippen molar-refractivity contribution in [3.63, 3.8) is 0 Å². The molecule has 2 heteroatoms. The van der Waals surface area contributed by atoms with E-state index in [2.05, 4.69) is 45.9 Å². The van der Waals surface area contributed by atoms with Crippen molar-refractivity contribution in [2.45, 2.75) is 59.4 Å². The number of aryl methyl sites for hydroxylation is 1. The zero-order chi connectivity index (χ0) is 14.3. The largest absolute Gasteiger partial charge is 0.493 e. The first-order valence-electron chi connectivity index (χ1n) is 7.58. The Kier molecular flexibility index (Phi) is 6.93. The Morgan fingerprint density at radius 1 is 1.11 bits per heavy atom. The molecule has 2 nitrogen and oxygen atoms in total. The van der Waals surface area contributed by atoms with E-state index in [9.17, 15) is 0 Å². The Labute approximate surface area is 118 Å². The lowest BCUT2D eigenvalue weighted by Gasteiger charge is -2.18. The molecule has 1 rings (SSSR count). The lowest BCUT2D eigenvalue weighted by atomic mass is 10.0. The van der Waals surface area contributed by atoms with Crippen molar-refractivity contribution in [2.24, 2.45) is 11.7 Å². The van der Waals surface area contributed by atoms with Gasteiger partial charge in [-0.15, -0.1) is 0 Å². The van der Waals surface area contributed by atoms with Gasteiger partial charge in [-0.2, -0.15) is 0 Å². The van der Waals surface area contributed by atoms with Crippen molar-refractivity contribution in [2.75, 3.05) is 6.61 Å². The number of nitrogens with two attached hydrogens (primary N) is 1. The van der Waals surface area contributed by atoms with Crippen LogP contribution >= 0.6 is 0 Å². The minimum atomic E-state index is 0.220. The Hall–Kier alpha value is -1.02. The molecule has 1 aromatic rings. The summed E-state index contributed by atoms with van der Waals surface area (Å²) in [5.74, 6) is 1.66. The summed E-state index contributed by atoms with van der Waals surface area (Å²) in [7, 11) is 0. The molecule has 0 aliphatic heterocycles. The highest BCUT2D eigenvalue weighted by Gasteiger charge is 2.10. The standard InChI is InChI=1S/C17H29NO/c1-5-14(6-2)12-19-17-9-8-13(4)10-15(17)11-16(18)7-3/h8-10,14,16H,5-7,11-12,18H2,1-4H3. The van der Waals surface area contributed by atoms with Gasteiger partial charge in [-0.3, -0.25) is 0 Å². The molecule has 0 aliphatic rings. The van der Waals surface area contributed by atoms with Crippen LogP contribution < -0.4 is 10.5 Å². The fraction of sp³-hybridized carbons (Fsp3) is 0.647. The van der Waals surface area contributed by atoms with E-state index in [1.807, 2.05) is 0 Å². The van der Waals surface area contributed by atoms with E-state index in [0.29, 0.717) is 5.92 Å². The molecule has 0 aromatic heterocycles. The molecule has 0 radical (unpaired) electrons. The first kappa shape index (κ1) is 16.0. The third kappa shape index (κ3) is 5.23. The lowest BCUT2D eigenvalue weighted by Crippen LogP contribution is -2.22. The first-order valence-corrected chi connectivity index (χ1v) is 7.58. The van der Waals surface area contributed by atoms with E-state index in [0.717, 1.165) is 25.2 Å². The maximum Gasteiger partial charge on any atom is 0.122 e. The quantitative estimate of drug-likeness (QED) is 0.766. The third-order valence-corrected chi connectivity index (χ3v) is 3.85. The van der Waals surface area contributed by atoms with Gasteiger partial charge in [-0.1, -0.05) is 51.3 Å². The van der Waals surface area contributed by atoms with Gasteiger partial charge in [0.1, 0.15) is 5.75 Å². The van der Waals surface area contributed by atoms with Gasteiger partial charge in [-0.25, -0.2) is 0 Å². The molecule has 1 atom stereocenters. The first-order chi connectivity index (χ1) is 9.10. The number of hydrogen-bond acceptors (Lipinski definition) is 2. The molecule has 108 valence electrons. The van der Waals surface area contributed by atoms with Crippen LogP contribution in [0.25, 0.3) is 0 Å². The predicted molar refractivity (Wildman–Crippen MR) is 82.7 cm³/mol. The van der Waals surface area contributed by atoms with Crippen LogP contribution in [0.3, 0.4) is 0 Å². The fourth-order valence-corrected chi connectivity index (χ4v) is 2.17. The summed E-state index contributed by atoms with van der Waals surface area (Å²) >= 11 is 0. The molecule has 1 unspecified atom stereocenters. The molecule has 0 aliphatic carbocycles. The van der Waals surface area contributed by atoms with Gasteiger partial charge in [0.25, 0.3) is 0 Å². The fourth-order valence-electron chi connectivity index (χ4n) is 2.17.